The highest BCUT2D eigenvalue weighted by atomic mass is 16.5. The average Bonchev–Trinajstić information content (AvgIpc) is 2.41. The number of aryl methyl sites for hydroxylation is 1. The first-order valence-electron chi connectivity index (χ1n) is 7.30. The van der Waals surface area contributed by atoms with Gasteiger partial charge in [0.15, 0.2) is 0 Å². The summed E-state index contributed by atoms with van der Waals surface area (Å²) in [5, 5.41) is 3.57. The molecule has 0 fully saturated rings. The van der Waals surface area contributed by atoms with Crippen LogP contribution < -0.4 is 10.1 Å². The van der Waals surface area contributed by atoms with Crippen LogP contribution in [0.15, 0.2) is 36.9 Å². The molecule has 0 bridgehead atoms. The Labute approximate surface area is 117 Å². The zero-order chi connectivity index (χ0) is 13.9. The largest absolute Gasteiger partial charge is 0.494 e. The maximum absolute atomic E-state index is 5.81. The Morgan fingerprint density at radius 1 is 1.37 bits per heavy atom. The lowest BCUT2D eigenvalue weighted by Gasteiger charge is -2.18. The summed E-state index contributed by atoms with van der Waals surface area (Å²) in [6, 6.07) is 8.75. The van der Waals surface area contributed by atoms with E-state index in [-0.39, 0.29) is 0 Å². The number of rotatable bonds is 10. The molecule has 1 rings (SSSR count). The maximum atomic E-state index is 5.81. The van der Waals surface area contributed by atoms with Crippen LogP contribution in [0.4, 0.5) is 0 Å². The van der Waals surface area contributed by atoms with Gasteiger partial charge in [-0.25, -0.2) is 0 Å². The fourth-order valence-corrected chi connectivity index (χ4v) is 2.04. The molecule has 0 amide bonds. The summed E-state index contributed by atoms with van der Waals surface area (Å²) in [4.78, 5) is 0. The molecule has 0 radical (unpaired) electrons. The van der Waals surface area contributed by atoms with Crippen molar-refractivity contribution in [3.8, 4) is 5.75 Å². The molecule has 1 aromatic carbocycles. The van der Waals surface area contributed by atoms with Crippen molar-refractivity contribution in [2.24, 2.45) is 0 Å². The first-order chi connectivity index (χ1) is 9.26. The van der Waals surface area contributed by atoms with Crippen molar-refractivity contribution in [1.82, 2.24) is 5.32 Å². The number of ether oxygens (including phenoxy) is 1. The van der Waals surface area contributed by atoms with Crippen LogP contribution in [-0.4, -0.2) is 19.2 Å². The van der Waals surface area contributed by atoms with Crippen molar-refractivity contribution in [1.29, 1.82) is 0 Å². The fraction of sp³-hybridized carbons (Fsp3) is 0.529. The first kappa shape index (κ1) is 15.8. The molecular weight excluding hydrogens is 234 g/mol. The minimum absolute atomic E-state index is 0.530. The minimum Gasteiger partial charge on any atom is -0.494 e. The minimum atomic E-state index is 0.530. The van der Waals surface area contributed by atoms with Crippen LogP contribution in [0.2, 0.25) is 0 Å². The molecule has 1 aromatic rings. The lowest BCUT2D eigenvalue weighted by atomic mass is 10.1. The molecule has 1 N–H and O–H groups in total. The van der Waals surface area contributed by atoms with Gasteiger partial charge in [0.2, 0.25) is 0 Å². The van der Waals surface area contributed by atoms with Crippen LogP contribution >= 0.6 is 0 Å². The molecule has 1 atom stereocenters. The highest BCUT2D eigenvalue weighted by Crippen LogP contribution is 2.13. The second-order valence-electron chi connectivity index (χ2n) is 4.97. The van der Waals surface area contributed by atoms with E-state index < -0.39 is 0 Å². The molecule has 0 spiro atoms. The molecule has 2 nitrogen and oxygen atoms in total. The Morgan fingerprint density at radius 2 is 2.21 bits per heavy atom. The summed E-state index contributed by atoms with van der Waals surface area (Å²) >= 11 is 0. The third-order valence-corrected chi connectivity index (χ3v) is 3.13. The van der Waals surface area contributed by atoms with E-state index in [0.717, 1.165) is 38.2 Å². The van der Waals surface area contributed by atoms with Crippen molar-refractivity contribution >= 4 is 0 Å². The maximum Gasteiger partial charge on any atom is 0.119 e. The smallest absolute Gasteiger partial charge is 0.119 e. The first-order valence-corrected chi connectivity index (χ1v) is 7.30. The van der Waals surface area contributed by atoms with Crippen molar-refractivity contribution in [3.05, 3.63) is 42.5 Å². The number of benzene rings is 1. The molecule has 0 saturated carbocycles. The summed E-state index contributed by atoms with van der Waals surface area (Å²) in [5.74, 6) is 0.970. The van der Waals surface area contributed by atoms with Gasteiger partial charge < -0.3 is 10.1 Å². The molecule has 0 aliphatic carbocycles. The zero-order valence-corrected chi connectivity index (χ0v) is 12.3. The Kier molecular flexibility index (Phi) is 7.99. The van der Waals surface area contributed by atoms with Gasteiger partial charge in [0.25, 0.3) is 0 Å². The van der Waals surface area contributed by atoms with E-state index in [4.69, 9.17) is 4.74 Å². The predicted molar refractivity (Wildman–Crippen MR) is 82.8 cm³/mol. The Morgan fingerprint density at radius 3 is 2.89 bits per heavy atom. The molecule has 0 heterocycles. The SMILES string of the molecule is C=CCCC(CCOc1cccc(C)c1)NCCC. The monoisotopic (exact) mass is 261 g/mol. The highest BCUT2D eigenvalue weighted by Gasteiger charge is 2.06. The summed E-state index contributed by atoms with van der Waals surface area (Å²) in [6.45, 7) is 9.91. The number of allylic oxidation sites excluding steroid dienone is 1. The lowest BCUT2D eigenvalue weighted by molar-refractivity contribution is 0.281. The topological polar surface area (TPSA) is 21.3 Å². The molecule has 0 aliphatic rings. The zero-order valence-electron chi connectivity index (χ0n) is 12.3. The molecule has 0 aromatic heterocycles. The van der Waals surface area contributed by atoms with Crippen LogP contribution in [0.25, 0.3) is 0 Å². The molecular formula is C17H27NO. The van der Waals surface area contributed by atoms with Crippen LogP contribution in [0.5, 0.6) is 5.75 Å². The van der Waals surface area contributed by atoms with Gasteiger partial charge >= 0.3 is 0 Å². The molecule has 106 valence electrons. The van der Waals surface area contributed by atoms with E-state index in [2.05, 4.69) is 37.9 Å². The van der Waals surface area contributed by atoms with E-state index in [1.807, 2.05) is 18.2 Å². The molecule has 0 saturated heterocycles. The van der Waals surface area contributed by atoms with Gasteiger partial charge in [-0.3, -0.25) is 0 Å². The predicted octanol–water partition coefficient (Wildman–Crippen LogP) is 4.10. The van der Waals surface area contributed by atoms with Gasteiger partial charge in [0.05, 0.1) is 6.61 Å². The van der Waals surface area contributed by atoms with Gasteiger partial charge in [0.1, 0.15) is 5.75 Å². The van der Waals surface area contributed by atoms with Crippen molar-refractivity contribution in [2.75, 3.05) is 13.2 Å². The Bertz CT molecular complexity index is 362. The summed E-state index contributed by atoms with van der Waals surface area (Å²) in [6.07, 6.45) is 6.40. The molecule has 1 unspecified atom stereocenters. The quantitative estimate of drug-likeness (QED) is 0.640. The summed E-state index contributed by atoms with van der Waals surface area (Å²) < 4.78 is 5.81. The van der Waals surface area contributed by atoms with Crippen molar-refractivity contribution in [2.45, 2.75) is 45.6 Å². The lowest BCUT2D eigenvalue weighted by Crippen LogP contribution is -2.31. The second kappa shape index (κ2) is 9.62. The average molecular weight is 261 g/mol. The Hall–Kier alpha value is -1.28. The number of hydrogen-bond acceptors (Lipinski definition) is 2. The van der Waals surface area contributed by atoms with Crippen LogP contribution in [0.3, 0.4) is 0 Å². The van der Waals surface area contributed by atoms with E-state index in [0.29, 0.717) is 6.04 Å². The van der Waals surface area contributed by atoms with Gasteiger partial charge in [0, 0.05) is 6.04 Å². The van der Waals surface area contributed by atoms with Gasteiger partial charge in [-0.15, -0.1) is 6.58 Å². The second-order valence-corrected chi connectivity index (χ2v) is 4.97. The number of hydrogen-bond donors (Lipinski definition) is 1. The normalized spacial score (nSPS) is 12.1. The highest BCUT2D eigenvalue weighted by molar-refractivity contribution is 5.27. The molecule has 2 heteroatoms. The fourth-order valence-electron chi connectivity index (χ4n) is 2.04. The van der Waals surface area contributed by atoms with Crippen LogP contribution in [0.1, 0.15) is 38.2 Å². The van der Waals surface area contributed by atoms with Crippen molar-refractivity contribution < 1.29 is 4.74 Å². The van der Waals surface area contributed by atoms with Gasteiger partial charge in [-0.1, -0.05) is 25.1 Å². The van der Waals surface area contributed by atoms with E-state index in [9.17, 15) is 0 Å². The third kappa shape index (κ3) is 7.02. The third-order valence-electron chi connectivity index (χ3n) is 3.13. The van der Waals surface area contributed by atoms with Crippen LogP contribution in [0, 0.1) is 6.92 Å². The summed E-state index contributed by atoms with van der Waals surface area (Å²) in [5.41, 5.74) is 1.24. The van der Waals surface area contributed by atoms with Gasteiger partial charge in [-0.2, -0.15) is 0 Å². The van der Waals surface area contributed by atoms with E-state index >= 15 is 0 Å². The Balaban J connectivity index is 2.31. The van der Waals surface area contributed by atoms with Gasteiger partial charge in [-0.05, 0) is 56.8 Å². The number of nitrogens with one attached hydrogen (secondary N) is 1. The van der Waals surface area contributed by atoms with E-state index in [1.165, 1.54) is 12.0 Å². The van der Waals surface area contributed by atoms with Crippen molar-refractivity contribution in [3.63, 3.8) is 0 Å². The van der Waals surface area contributed by atoms with Crippen LogP contribution in [-0.2, 0) is 0 Å². The standard InChI is InChI=1S/C17H27NO/c1-4-6-9-16(18-12-5-2)11-13-19-17-10-7-8-15(3)14-17/h4,7-8,10,14,16,18H,1,5-6,9,11-13H2,2-3H3. The van der Waals surface area contributed by atoms with E-state index in [1.54, 1.807) is 0 Å². The molecule has 0 aliphatic heterocycles. The molecule has 19 heavy (non-hydrogen) atoms. The summed E-state index contributed by atoms with van der Waals surface area (Å²) in [7, 11) is 0.